The number of hydrazone groups is 1. The van der Waals surface area contributed by atoms with Gasteiger partial charge in [0.05, 0.1) is 11.1 Å². The van der Waals surface area contributed by atoms with Gasteiger partial charge in [-0.1, -0.05) is 6.07 Å². The fourth-order valence-electron chi connectivity index (χ4n) is 2.89. The number of carbonyl (C=O) groups excluding carboxylic acids is 1. The Morgan fingerprint density at radius 1 is 1.18 bits per heavy atom. The Labute approximate surface area is 175 Å². The zero-order valence-electron chi connectivity index (χ0n) is 15.2. The average Bonchev–Trinajstić information content (AvgIpc) is 2.96. The lowest BCUT2D eigenvalue weighted by Crippen LogP contribution is -2.17. The van der Waals surface area contributed by atoms with Gasteiger partial charge in [0.25, 0.3) is 11.6 Å². The van der Waals surface area contributed by atoms with Crippen LogP contribution in [0.25, 0.3) is 5.69 Å². The van der Waals surface area contributed by atoms with Crippen molar-refractivity contribution in [2.24, 2.45) is 5.10 Å². The van der Waals surface area contributed by atoms with Gasteiger partial charge < -0.3 is 4.57 Å². The van der Waals surface area contributed by atoms with Crippen molar-refractivity contribution in [3.05, 3.63) is 90.8 Å². The SMILES string of the molecule is Cc1cc(/C=N/NC(=O)c2cccc([N+](=O)[O-])c2)c(C)n1-c1ccc(I)cc1. The van der Waals surface area contributed by atoms with E-state index in [1.807, 2.05) is 44.2 Å². The number of benzene rings is 2. The maximum Gasteiger partial charge on any atom is 0.271 e. The van der Waals surface area contributed by atoms with Gasteiger partial charge in [-0.3, -0.25) is 14.9 Å². The third-order valence-electron chi connectivity index (χ3n) is 4.24. The number of rotatable bonds is 5. The second-order valence-corrected chi connectivity index (χ2v) is 7.39. The molecule has 0 saturated heterocycles. The molecule has 1 aromatic heterocycles. The first-order chi connectivity index (χ1) is 13.4. The van der Waals surface area contributed by atoms with Crippen molar-refractivity contribution in [2.75, 3.05) is 0 Å². The summed E-state index contributed by atoms with van der Waals surface area (Å²) in [4.78, 5) is 22.4. The Morgan fingerprint density at radius 3 is 2.57 bits per heavy atom. The second kappa shape index (κ2) is 8.34. The molecule has 0 spiro atoms. The molecule has 0 atom stereocenters. The molecule has 0 radical (unpaired) electrons. The third-order valence-corrected chi connectivity index (χ3v) is 4.96. The van der Waals surface area contributed by atoms with E-state index in [1.54, 1.807) is 6.21 Å². The number of nitro groups is 1. The molecule has 0 unspecified atom stereocenters. The number of halogens is 1. The first-order valence-electron chi connectivity index (χ1n) is 8.39. The first-order valence-corrected chi connectivity index (χ1v) is 9.47. The molecule has 1 heterocycles. The molecule has 2 aromatic carbocycles. The van der Waals surface area contributed by atoms with E-state index < -0.39 is 10.8 Å². The topological polar surface area (TPSA) is 89.5 Å². The predicted octanol–water partition coefficient (Wildman–Crippen LogP) is 4.37. The quantitative estimate of drug-likeness (QED) is 0.250. The van der Waals surface area contributed by atoms with Crippen LogP contribution >= 0.6 is 22.6 Å². The first kappa shape index (κ1) is 19.7. The molecule has 0 fully saturated rings. The number of hydrogen-bond donors (Lipinski definition) is 1. The summed E-state index contributed by atoms with van der Waals surface area (Å²) in [5, 5.41) is 14.8. The maximum absolute atomic E-state index is 12.2. The molecule has 0 bridgehead atoms. The molecule has 8 heteroatoms. The summed E-state index contributed by atoms with van der Waals surface area (Å²) in [6, 6.07) is 15.7. The highest BCUT2D eigenvalue weighted by molar-refractivity contribution is 14.1. The van der Waals surface area contributed by atoms with Gasteiger partial charge in [0, 0.05) is 43.9 Å². The number of aromatic nitrogens is 1. The van der Waals surface area contributed by atoms with Crippen LogP contribution < -0.4 is 5.43 Å². The van der Waals surface area contributed by atoms with E-state index >= 15 is 0 Å². The van der Waals surface area contributed by atoms with Gasteiger partial charge >= 0.3 is 0 Å². The molecule has 3 rings (SSSR count). The smallest absolute Gasteiger partial charge is 0.271 e. The minimum atomic E-state index is -0.542. The molecule has 3 aromatic rings. The molecule has 0 aliphatic rings. The van der Waals surface area contributed by atoms with Crippen LogP contribution in [0.3, 0.4) is 0 Å². The monoisotopic (exact) mass is 488 g/mol. The average molecular weight is 488 g/mol. The Kier molecular flexibility index (Phi) is 5.88. The van der Waals surface area contributed by atoms with Crippen LogP contribution in [-0.4, -0.2) is 21.6 Å². The van der Waals surface area contributed by atoms with Crippen LogP contribution in [0.5, 0.6) is 0 Å². The minimum Gasteiger partial charge on any atom is -0.318 e. The van der Waals surface area contributed by atoms with Crippen molar-refractivity contribution >= 4 is 40.4 Å². The molecule has 7 nitrogen and oxygen atoms in total. The van der Waals surface area contributed by atoms with E-state index in [-0.39, 0.29) is 11.3 Å². The zero-order valence-corrected chi connectivity index (χ0v) is 17.4. The van der Waals surface area contributed by atoms with Gasteiger partial charge in [0.2, 0.25) is 0 Å². The Hall–Kier alpha value is -3.01. The predicted molar refractivity (Wildman–Crippen MR) is 116 cm³/mol. The van der Waals surface area contributed by atoms with Crippen LogP contribution in [-0.2, 0) is 0 Å². The highest BCUT2D eigenvalue weighted by Crippen LogP contribution is 2.20. The molecule has 1 N–H and O–H groups in total. The number of nitrogens with one attached hydrogen (secondary N) is 1. The summed E-state index contributed by atoms with van der Waals surface area (Å²) in [6.07, 6.45) is 1.57. The summed E-state index contributed by atoms with van der Waals surface area (Å²) < 4.78 is 3.27. The van der Waals surface area contributed by atoms with E-state index in [1.165, 1.54) is 24.3 Å². The van der Waals surface area contributed by atoms with Gasteiger partial charge in [0.1, 0.15) is 0 Å². The Morgan fingerprint density at radius 2 is 1.89 bits per heavy atom. The van der Waals surface area contributed by atoms with Gasteiger partial charge in [-0.25, -0.2) is 5.43 Å². The van der Waals surface area contributed by atoms with Crippen LogP contribution in [0, 0.1) is 27.5 Å². The number of amides is 1. The molecule has 1 amide bonds. The van der Waals surface area contributed by atoms with Crippen LogP contribution in [0.1, 0.15) is 27.3 Å². The highest BCUT2D eigenvalue weighted by Gasteiger charge is 2.12. The third kappa shape index (κ3) is 4.28. The lowest BCUT2D eigenvalue weighted by Gasteiger charge is -2.09. The lowest BCUT2D eigenvalue weighted by atomic mass is 10.2. The minimum absolute atomic E-state index is 0.141. The van der Waals surface area contributed by atoms with Crippen molar-refractivity contribution in [3.63, 3.8) is 0 Å². The molecular formula is C20H17IN4O3. The molecule has 28 heavy (non-hydrogen) atoms. The van der Waals surface area contributed by atoms with Crippen molar-refractivity contribution < 1.29 is 9.72 Å². The van der Waals surface area contributed by atoms with Gasteiger partial charge in [-0.15, -0.1) is 0 Å². The largest absolute Gasteiger partial charge is 0.318 e. The normalized spacial score (nSPS) is 11.0. The standard InChI is InChI=1S/C20H17IN4O3/c1-13-10-16(14(2)24(13)18-8-6-17(21)7-9-18)12-22-23-20(26)15-4-3-5-19(11-15)25(27)28/h3-12H,1-2H3,(H,23,26)/b22-12+. The Bertz CT molecular complexity index is 1070. The lowest BCUT2D eigenvalue weighted by molar-refractivity contribution is -0.384. The van der Waals surface area contributed by atoms with Crippen LogP contribution in [0.2, 0.25) is 0 Å². The van der Waals surface area contributed by atoms with Gasteiger partial charge in [-0.2, -0.15) is 5.10 Å². The number of hydrogen-bond acceptors (Lipinski definition) is 4. The molecule has 0 aliphatic carbocycles. The summed E-state index contributed by atoms with van der Waals surface area (Å²) in [7, 11) is 0. The van der Waals surface area contributed by atoms with Crippen LogP contribution in [0.4, 0.5) is 5.69 Å². The number of non-ortho nitro benzene ring substituents is 1. The molecular weight excluding hydrogens is 471 g/mol. The van der Waals surface area contributed by atoms with Gasteiger partial charge in [0.15, 0.2) is 0 Å². The van der Waals surface area contributed by atoms with E-state index in [0.717, 1.165) is 26.2 Å². The number of carbonyl (C=O) groups is 1. The summed E-state index contributed by atoms with van der Waals surface area (Å²) in [6.45, 7) is 3.98. The van der Waals surface area contributed by atoms with Crippen molar-refractivity contribution in [1.29, 1.82) is 0 Å². The summed E-state index contributed by atoms with van der Waals surface area (Å²) in [5.74, 6) is -0.508. The van der Waals surface area contributed by atoms with E-state index in [2.05, 4.69) is 37.7 Å². The van der Waals surface area contributed by atoms with Crippen LogP contribution in [0.15, 0.2) is 59.7 Å². The Balaban J connectivity index is 1.77. The van der Waals surface area contributed by atoms with E-state index in [0.29, 0.717) is 0 Å². The summed E-state index contributed by atoms with van der Waals surface area (Å²) in [5.41, 5.74) is 6.41. The zero-order chi connectivity index (χ0) is 20.3. The molecule has 142 valence electrons. The van der Waals surface area contributed by atoms with E-state index in [4.69, 9.17) is 0 Å². The second-order valence-electron chi connectivity index (χ2n) is 6.14. The van der Waals surface area contributed by atoms with E-state index in [9.17, 15) is 14.9 Å². The van der Waals surface area contributed by atoms with Crippen molar-refractivity contribution in [3.8, 4) is 5.69 Å². The molecule has 0 saturated carbocycles. The molecule has 0 aliphatic heterocycles. The van der Waals surface area contributed by atoms with Crippen molar-refractivity contribution in [2.45, 2.75) is 13.8 Å². The van der Waals surface area contributed by atoms with Crippen molar-refractivity contribution in [1.82, 2.24) is 9.99 Å². The maximum atomic E-state index is 12.2. The van der Waals surface area contributed by atoms with Gasteiger partial charge in [-0.05, 0) is 72.8 Å². The number of aryl methyl sites for hydroxylation is 1. The highest BCUT2D eigenvalue weighted by atomic mass is 127. The fraction of sp³-hybridized carbons (Fsp3) is 0.100. The number of nitro benzene ring substituents is 1. The number of nitrogens with zero attached hydrogens (tertiary/aromatic N) is 3. The fourth-order valence-corrected chi connectivity index (χ4v) is 3.25. The summed E-state index contributed by atoms with van der Waals surface area (Å²) >= 11 is 2.27.